The van der Waals surface area contributed by atoms with Crippen LogP contribution in [0.15, 0.2) is 59.2 Å². The Hall–Kier alpha value is -3.61. The maximum absolute atomic E-state index is 13.9. The zero-order chi connectivity index (χ0) is 20.5. The van der Waals surface area contributed by atoms with Gasteiger partial charge >= 0.3 is 0 Å². The van der Waals surface area contributed by atoms with Gasteiger partial charge in [-0.15, -0.1) is 0 Å². The average molecular weight is 396 g/mol. The van der Waals surface area contributed by atoms with Crippen LogP contribution < -0.4 is 5.32 Å². The van der Waals surface area contributed by atoms with E-state index in [0.717, 1.165) is 23.7 Å². The molecule has 0 atom stereocenters. The van der Waals surface area contributed by atoms with Crippen molar-refractivity contribution in [2.75, 3.05) is 0 Å². The van der Waals surface area contributed by atoms with Crippen LogP contribution in [-0.4, -0.2) is 15.6 Å². The van der Waals surface area contributed by atoms with Crippen molar-refractivity contribution >= 4 is 16.8 Å². The number of carbonyl (C=O) groups excluding carboxylic acids is 1. The summed E-state index contributed by atoms with van der Waals surface area (Å²) in [7, 11) is 0. The van der Waals surface area contributed by atoms with Crippen molar-refractivity contribution in [3.05, 3.63) is 89.0 Å². The van der Waals surface area contributed by atoms with Gasteiger partial charge in [0.15, 0.2) is 0 Å². The van der Waals surface area contributed by atoms with Gasteiger partial charge in [0.25, 0.3) is 5.91 Å². The number of furan rings is 1. The molecule has 148 valence electrons. The fraction of sp³-hybridized carbons (Fsp3) is 0.136. The summed E-state index contributed by atoms with van der Waals surface area (Å²) in [6.45, 7) is 2.04. The Morgan fingerprint density at radius 2 is 2.00 bits per heavy atom. The molecular formula is C22H18F2N2O3. The molecule has 5 nitrogen and oxygen atoms in total. The van der Waals surface area contributed by atoms with Gasteiger partial charge in [-0.2, -0.15) is 0 Å². The largest absolute Gasteiger partial charge is 0.508 e. The first-order valence-electron chi connectivity index (χ1n) is 9.00. The van der Waals surface area contributed by atoms with Crippen LogP contribution in [0, 0.1) is 18.6 Å². The Morgan fingerprint density at radius 1 is 1.17 bits per heavy atom. The lowest BCUT2D eigenvalue weighted by atomic mass is 10.1. The third kappa shape index (κ3) is 3.59. The van der Waals surface area contributed by atoms with Gasteiger partial charge in [-0.3, -0.25) is 4.79 Å². The minimum atomic E-state index is -0.596. The maximum Gasteiger partial charge on any atom is 0.254 e. The third-order valence-electron chi connectivity index (χ3n) is 4.88. The molecule has 0 fully saturated rings. The summed E-state index contributed by atoms with van der Waals surface area (Å²) in [5.41, 5.74) is 1.83. The van der Waals surface area contributed by atoms with E-state index in [-0.39, 0.29) is 17.9 Å². The highest BCUT2D eigenvalue weighted by molar-refractivity contribution is 6.08. The van der Waals surface area contributed by atoms with Crippen molar-refractivity contribution in [3.8, 4) is 5.75 Å². The minimum Gasteiger partial charge on any atom is -0.508 e. The Bertz CT molecular complexity index is 1200. The molecule has 0 radical (unpaired) electrons. The molecule has 2 N–H and O–H groups in total. The van der Waals surface area contributed by atoms with Gasteiger partial charge in [0.2, 0.25) is 0 Å². The molecule has 2 aromatic heterocycles. The fourth-order valence-corrected chi connectivity index (χ4v) is 3.46. The van der Waals surface area contributed by atoms with Gasteiger partial charge in [0, 0.05) is 28.7 Å². The van der Waals surface area contributed by atoms with Crippen LogP contribution in [0.5, 0.6) is 5.75 Å². The average Bonchev–Trinajstić information content (AvgIpc) is 3.29. The number of halogens is 2. The summed E-state index contributed by atoms with van der Waals surface area (Å²) in [6, 6.07) is 11.5. The number of rotatable bonds is 5. The SMILES string of the molecule is Cc1c(C(=O)NCc2cc(F)ccc2F)c2cc(O)ccc2n1Cc1ccco1. The van der Waals surface area contributed by atoms with Crippen molar-refractivity contribution in [2.24, 2.45) is 0 Å². The molecule has 4 aromatic rings. The molecule has 0 spiro atoms. The van der Waals surface area contributed by atoms with E-state index in [1.54, 1.807) is 31.4 Å². The smallest absolute Gasteiger partial charge is 0.254 e. The van der Waals surface area contributed by atoms with E-state index in [1.165, 1.54) is 6.07 Å². The normalized spacial score (nSPS) is 11.1. The number of fused-ring (bicyclic) bond motifs is 1. The highest BCUT2D eigenvalue weighted by Gasteiger charge is 2.21. The number of nitrogens with zero attached hydrogens (tertiary/aromatic N) is 1. The van der Waals surface area contributed by atoms with Gasteiger partial charge in [-0.25, -0.2) is 8.78 Å². The Balaban J connectivity index is 1.70. The van der Waals surface area contributed by atoms with Gasteiger partial charge in [0.05, 0.1) is 18.4 Å². The number of nitrogens with one attached hydrogen (secondary N) is 1. The zero-order valence-corrected chi connectivity index (χ0v) is 15.6. The first-order valence-corrected chi connectivity index (χ1v) is 9.00. The van der Waals surface area contributed by atoms with Crippen molar-refractivity contribution in [1.82, 2.24) is 9.88 Å². The lowest BCUT2D eigenvalue weighted by Crippen LogP contribution is -2.24. The lowest BCUT2D eigenvalue weighted by Gasteiger charge is -2.08. The molecule has 7 heteroatoms. The third-order valence-corrected chi connectivity index (χ3v) is 4.88. The van der Waals surface area contributed by atoms with Crippen molar-refractivity contribution < 1.29 is 23.1 Å². The van der Waals surface area contributed by atoms with Crippen molar-refractivity contribution in [2.45, 2.75) is 20.0 Å². The molecular weight excluding hydrogens is 378 g/mol. The van der Waals surface area contributed by atoms with E-state index >= 15 is 0 Å². The number of aromatic hydroxyl groups is 1. The molecule has 0 bridgehead atoms. The van der Waals surface area contributed by atoms with Gasteiger partial charge in [0.1, 0.15) is 23.1 Å². The molecule has 0 aliphatic heterocycles. The van der Waals surface area contributed by atoms with Crippen LogP contribution in [-0.2, 0) is 13.1 Å². The highest BCUT2D eigenvalue weighted by Crippen LogP contribution is 2.30. The van der Waals surface area contributed by atoms with Crippen LogP contribution >= 0.6 is 0 Å². The number of aromatic nitrogens is 1. The second kappa shape index (κ2) is 7.43. The van der Waals surface area contributed by atoms with E-state index in [2.05, 4.69) is 5.32 Å². The van der Waals surface area contributed by atoms with Crippen LogP contribution in [0.25, 0.3) is 10.9 Å². The minimum absolute atomic E-state index is 0.0258. The van der Waals surface area contributed by atoms with Gasteiger partial charge in [-0.1, -0.05) is 0 Å². The molecule has 0 aliphatic rings. The first kappa shape index (κ1) is 18.7. The second-order valence-corrected chi connectivity index (χ2v) is 6.75. The summed E-state index contributed by atoms with van der Waals surface area (Å²) >= 11 is 0. The molecule has 0 aliphatic carbocycles. The predicted octanol–water partition coefficient (Wildman–Crippen LogP) is 4.50. The second-order valence-electron chi connectivity index (χ2n) is 6.75. The number of benzene rings is 2. The Morgan fingerprint density at radius 3 is 2.76 bits per heavy atom. The number of hydrogen-bond donors (Lipinski definition) is 2. The summed E-state index contributed by atoms with van der Waals surface area (Å²) < 4.78 is 34.6. The maximum atomic E-state index is 13.9. The lowest BCUT2D eigenvalue weighted by molar-refractivity contribution is 0.0951. The monoisotopic (exact) mass is 396 g/mol. The summed E-state index contributed by atoms with van der Waals surface area (Å²) in [4.78, 5) is 12.9. The number of phenolic OH excluding ortho intramolecular Hbond substituents is 1. The fourth-order valence-electron chi connectivity index (χ4n) is 3.46. The van der Waals surface area contributed by atoms with Crippen LogP contribution in [0.2, 0.25) is 0 Å². The molecule has 29 heavy (non-hydrogen) atoms. The number of carbonyl (C=O) groups is 1. The molecule has 1 amide bonds. The van der Waals surface area contributed by atoms with Crippen LogP contribution in [0.4, 0.5) is 8.78 Å². The predicted molar refractivity (Wildman–Crippen MR) is 104 cm³/mol. The highest BCUT2D eigenvalue weighted by atomic mass is 19.1. The van der Waals surface area contributed by atoms with Gasteiger partial charge < -0.3 is 19.4 Å². The van der Waals surface area contributed by atoms with E-state index in [1.807, 2.05) is 10.6 Å². The summed E-state index contributed by atoms with van der Waals surface area (Å²) in [6.07, 6.45) is 1.57. The number of phenols is 1. The molecule has 4 rings (SSSR count). The van der Waals surface area contributed by atoms with E-state index < -0.39 is 17.5 Å². The standard InChI is InChI=1S/C22H18F2N2O3/c1-13-21(22(28)25-11-14-9-15(23)4-6-19(14)24)18-10-16(27)5-7-20(18)26(13)12-17-3-2-8-29-17/h2-10,27H,11-12H2,1H3,(H,25,28). The quantitative estimate of drug-likeness (QED) is 0.522. The van der Waals surface area contributed by atoms with E-state index in [9.17, 15) is 18.7 Å². The van der Waals surface area contributed by atoms with Crippen molar-refractivity contribution in [3.63, 3.8) is 0 Å². The summed E-state index contributed by atoms with van der Waals surface area (Å²) in [5.74, 6) is -0.877. The molecule has 0 saturated heterocycles. The Kier molecular flexibility index (Phi) is 4.80. The molecule has 0 saturated carbocycles. The van der Waals surface area contributed by atoms with Gasteiger partial charge in [-0.05, 0) is 55.5 Å². The number of amides is 1. The molecule has 2 aromatic carbocycles. The van der Waals surface area contributed by atoms with Crippen LogP contribution in [0.3, 0.4) is 0 Å². The Labute approximate surface area is 165 Å². The topological polar surface area (TPSA) is 67.4 Å². The summed E-state index contributed by atoms with van der Waals surface area (Å²) in [5, 5.41) is 13.1. The van der Waals surface area contributed by atoms with Crippen molar-refractivity contribution in [1.29, 1.82) is 0 Å². The van der Waals surface area contributed by atoms with Crippen LogP contribution in [0.1, 0.15) is 27.4 Å². The molecule has 0 unspecified atom stereocenters. The number of hydrogen-bond acceptors (Lipinski definition) is 3. The first-order chi connectivity index (χ1) is 13.9. The van der Waals surface area contributed by atoms with E-state index in [0.29, 0.717) is 28.9 Å². The zero-order valence-electron chi connectivity index (χ0n) is 15.6. The molecule has 2 heterocycles. The van der Waals surface area contributed by atoms with E-state index in [4.69, 9.17) is 4.42 Å².